The van der Waals surface area contributed by atoms with Gasteiger partial charge in [0.25, 0.3) is 0 Å². The van der Waals surface area contributed by atoms with Crippen LogP contribution >= 0.6 is 0 Å². The van der Waals surface area contributed by atoms with Crippen molar-refractivity contribution in [2.75, 3.05) is 0 Å². The highest BCUT2D eigenvalue weighted by atomic mass is 14.1. The molecule has 0 aliphatic rings. The summed E-state index contributed by atoms with van der Waals surface area (Å²) in [5.74, 6) is 0. The Kier molecular flexibility index (Phi) is 5.57. The van der Waals surface area contributed by atoms with Crippen molar-refractivity contribution in [2.45, 2.75) is 0 Å². The topological polar surface area (TPSA) is 0 Å². The van der Waals surface area contributed by atoms with E-state index in [9.17, 15) is 0 Å². The standard InChI is InChI=1S/C38H26/c1-2-7-27(8-3-1)33-21-23-36-26-34(22-24-35(36)25-33)30-15-13-28(14-16-30)29-17-19-32(20-18-29)38-12-6-10-31-9-4-5-11-37(31)38/h1-26H. The molecule has 178 valence electrons. The summed E-state index contributed by atoms with van der Waals surface area (Å²) in [6.45, 7) is 0. The Labute approximate surface area is 223 Å². The third kappa shape index (κ3) is 4.17. The van der Waals surface area contributed by atoms with Crippen LogP contribution in [0.3, 0.4) is 0 Å². The summed E-state index contributed by atoms with van der Waals surface area (Å²) in [7, 11) is 0. The van der Waals surface area contributed by atoms with Crippen molar-refractivity contribution >= 4 is 21.5 Å². The first-order chi connectivity index (χ1) is 18.8. The van der Waals surface area contributed by atoms with Crippen LogP contribution in [0.15, 0.2) is 158 Å². The van der Waals surface area contributed by atoms with Crippen LogP contribution in [0.1, 0.15) is 0 Å². The highest BCUT2D eigenvalue weighted by Gasteiger charge is 2.06. The third-order valence-corrected chi connectivity index (χ3v) is 7.48. The van der Waals surface area contributed by atoms with Gasteiger partial charge in [-0.25, -0.2) is 0 Å². The van der Waals surface area contributed by atoms with Crippen LogP contribution in [0.4, 0.5) is 0 Å². The van der Waals surface area contributed by atoms with E-state index in [1.54, 1.807) is 0 Å². The van der Waals surface area contributed by atoms with E-state index in [0.717, 1.165) is 0 Å². The van der Waals surface area contributed by atoms with E-state index in [2.05, 4.69) is 158 Å². The molecular formula is C38H26. The van der Waals surface area contributed by atoms with Gasteiger partial charge in [0, 0.05) is 0 Å². The van der Waals surface area contributed by atoms with E-state index in [-0.39, 0.29) is 0 Å². The fourth-order valence-corrected chi connectivity index (χ4v) is 5.41. The average Bonchev–Trinajstić information content (AvgIpc) is 3.01. The maximum Gasteiger partial charge on any atom is -0.0105 e. The van der Waals surface area contributed by atoms with Gasteiger partial charge in [-0.15, -0.1) is 0 Å². The molecule has 0 N–H and O–H groups in total. The Balaban J connectivity index is 1.15. The molecule has 0 saturated heterocycles. The Hall–Kier alpha value is -4.94. The van der Waals surface area contributed by atoms with Crippen molar-refractivity contribution < 1.29 is 0 Å². The zero-order valence-corrected chi connectivity index (χ0v) is 21.0. The number of benzene rings is 7. The maximum absolute atomic E-state index is 2.29. The van der Waals surface area contributed by atoms with Crippen LogP contribution in [-0.2, 0) is 0 Å². The summed E-state index contributed by atoms with van der Waals surface area (Å²) in [5, 5.41) is 5.09. The Morgan fingerprint density at radius 2 is 0.684 bits per heavy atom. The lowest BCUT2D eigenvalue weighted by Crippen LogP contribution is -1.84. The van der Waals surface area contributed by atoms with Crippen LogP contribution in [0, 0.1) is 0 Å². The first kappa shape index (κ1) is 22.3. The van der Waals surface area contributed by atoms with Gasteiger partial charge in [0.05, 0.1) is 0 Å². The van der Waals surface area contributed by atoms with Gasteiger partial charge in [-0.05, 0) is 78.2 Å². The fourth-order valence-electron chi connectivity index (χ4n) is 5.41. The third-order valence-electron chi connectivity index (χ3n) is 7.48. The van der Waals surface area contributed by atoms with Crippen molar-refractivity contribution in [1.82, 2.24) is 0 Å². The predicted octanol–water partition coefficient (Wildman–Crippen LogP) is 10.7. The van der Waals surface area contributed by atoms with Gasteiger partial charge in [-0.1, -0.05) is 146 Å². The summed E-state index contributed by atoms with van der Waals surface area (Å²) < 4.78 is 0. The largest absolute Gasteiger partial charge is 0.0622 e. The molecule has 0 unspecified atom stereocenters. The molecule has 0 saturated carbocycles. The monoisotopic (exact) mass is 482 g/mol. The molecule has 7 aromatic carbocycles. The summed E-state index contributed by atoms with van der Waals surface area (Å²) in [6, 6.07) is 57.0. The minimum atomic E-state index is 1.23. The molecule has 0 radical (unpaired) electrons. The lowest BCUT2D eigenvalue weighted by atomic mass is 9.95. The van der Waals surface area contributed by atoms with E-state index >= 15 is 0 Å². The van der Waals surface area contributed by atoms with E-state index in [1.807, 2.05) is 0 Å². The number of hydrogen-bond acceptors (Lipinski definition) is 0. The van der Waals surface area contributed by atoms with Gasteiger partial charge >= 0.3 is 0 Å². The molecule has 0 heteroatoms. The molecule has 0 atom stereocenters. The van der Waals surface area contributed by atoms with E-state index in [4.69, 9.17) is 0 Å². The Morgan fingerprint density at radius 3 is 1.32 bits per heavy atom. The lowest BCUT2D eigenvalue weighted by Gasteiger charge is -2.10. The summed E-state index contributed by atoms with van der Waals surface area (Å²) in [4.78, 5) is 0. The molecule has 0 amide bonds. The van der Waals surface area contributed by atoms with Gasteiger partial charge in [0.2, 0.25) is 0 Å². The van der Waals surface area contributed by atoms with Gasteiger partial charge in [0.1, 0.15) is 0 Å². The predicted molar refractivity (Wildman–Crippen MR) is 163 cm³/mol. The summed E-state index contributed by atoms with van der Waals surface area (Å²) >= 11 is 0. The van der Waals surface area contributed by atoms with Crippen LogP contribution < -0.4 is 0 Å². The van der Waals surface area contributed by atoms with Crippen LogP contribution in [0.25, 0.3) is 66.1 Å². The molecule has 7 aromatic rings. The van der Waals surface area contributed by atoms with Crippen molar-refractivity contribution in [2.24, 2.45) is 0 Å². The smallest absolute Gasteiger partial charge is 0.0105 e. The molecule has 38 heavy (non-hydrogen) atoms. The van der Waals surface area contributed by atoms with E-state index in [0.29, 0.717) is 0 Å². The quantitative estimate of drug-likeness (QED) is 0.234. The molecular weight excluding hydrogens is 456 g/mol. The van der Waals surface area contributed by atoms with Crippen LogP contribution in [-0.4, -0.2) is 0 Å². The van der Waals surface area contributed by atoms with Crippen molar-refractivity contribution in [3.8, 4) is 44.5 Å². The average molecular weight is 483 g/mol. The fraction of sp³-hybridized carbons (Fsp3) is 0. The van der Waals surface area contributed by atoms with Crippen molar-refractivity contribution in [1.29, 1.82) is 0 Å². The highest BCUT2D eigenvalue weighted by Crippen LogP contribution is 2.32. The molecule has 0 aliphatic heterocycles. The van der Waals surface area contributed by atoms with Crippen LogP contribution in [0.2, 0.25) is 0 Å². The Morgan fingerprint density at radius 1 is 0.237 bits per heavy atom. The zero-order valence-electron chi connectivity index (χ0n) is 21.0. The van der Waals surface area contributed by atoms with Gasteiger partial charge in [0.15, 0.2) is 0 Å². The minimum Gasteiger partial charge on any atom is -0.0622 e. The molecule has 0 fully saturated rings. The first-order valence-electron chi connectivity index (χ1n) is 13.1. The number of fused-ring (bicyclic) bond motifs is 2. The second kappa shape index (κ2) is 9.50. The molecule has 0 nitrogen and oxygen atoms in total. The van der Waals surface area contributed by atoms with Gasteiger partial charge < -0.3 is 0 Å². The normalized spacial score (nSPS) is 11.2. The molecule has 0 aromatic heterocycles. The van der Waals surface area contributed by atoms with Gasteiger partial charge in [-0.2, -0.15) is 0 Å². The van der Waals surface area contributed by atoms with E-state index < -0.39 is 0 Å². The van der Waals surface area contributed by atoms with Crippen LogP contribution in [0.5, 0.6) is 0 Å². The molecule has 7 rings (SSSR count). The molecule has 0 spiro atoms. The Bertz CT molecular complexity index is 1870. The van der Waals surface area contributed by atoms with Crippen molar-refractivity contribution in [3.63, 3.8) is 0 Å². The zero-order chi connectivity index (χ0) is 25.3. The minimum absolute atomic E-state index is 1.23. The van der Waals surface area contributed by atoms with Gasteiger partial charge in [-0.3, -0.25) is 0 Å². The number of rotatable bonds is 4. The molecule has 0 heterocycles. The molecule has 0 aliphatic carbocycles. The second-order valence-electron chi connectivity index (χ2n) is 9.82. The highest BCUT2D eigenvalue weighted by molar-refractivity contribution is 5.97. The summed E-state index contributed by atoms with van der Waals surface area (Å²) in [6.07, 6.45) is 0. The maximum atomic E-state index is 2.29. The number of hydrogen-bond donors (Lipinski definition) is 0. The molecule has 0 bridgehead atoms. The first-order valence-corrected chi connectivity index (χ1v) is 13.1. The SMILES string of the molecule is c1ccc(-c2ccc3cc(-c4ccc(-c5ccc(-c6cccc7ccccc67)cc5)cc4)ccc3c2)cc1. The second-order valence-corrected chi connectivity index (χ2v) is 9.82. The summed E-state index contributed by atoms with van der Waals surface area (Å²) in [5.41, 5.74) is 9.95. The lowest BCUT2D eigenvalue weighted by molar-refractivity contribution is 1.59. The van der Waals surface area contributed by atoms with E-state index in [1.165, 1.54) is 66.1 Å². The van der Waals surface area contributed by atoms with Crippen molar-refractivity contribution in [3.05, 3.63) is 158 Å².